The Hall–Kier alpha value is -1.71. The van der Waals surface area contributed by atoms with Crippen LogP contribution < -0.4 is 4.90 Å². The van der Waals surface area contributed by atoms with Crippen molar-refractivity contribution in [2.24, 2.45) is 0 Å². The minimum Gasteiger partial charge on any atom is -0.477 e. The molecule has 0 atom stereocenters. The van der Waals surface area contributed by atoms with Gasteiger partial charge in [-0.3, -0.25) is 0 Å². The molecule has 0 spiro atoms. The van der Waals surface area contributed by atoms with Crippen molar-refractivity contribution in [3.8, 4) is 0 Å². The van der Waals surface area contributed by atoms with E-state index in [4.69, 9.17) is 9.84 Å². The average molecular weight is 343 g/mol. The average Bonchev–Trinajstić information content (AvgIpc) is 2.55. The summed E-state index contributed by atoms with van der Waals surface area (Å²) >= 11 is 0. The number of hydrogen-bond acceptors (Lipinski definition) is 6. The molecule has 1 aromatic heterocycles. The van der Waals surface area contributed by atoms with E-state index in [1.807, 2.05) is 4.90 Å². The zero-order valence-corrected chi connectivity index (χ0v) is 13.8. The number of sulfonamides is 1. The Kier molecular flexibility index (Phi) is 5.91. The Morgan fingerprint density at radius 3 is 2.61 bits per heavy atom. The third-order valence-electron chi connectivity index (χ3n) is 3.66. The normalized spacial score (nSPS) is 16.5. The topological polar surface area (TPSA) is 100 Å². The van der Waals surface area contributed by atoms with Crippen molar-refractivity contribution in [2.75, 3.05) is 50.5 Å². The van der Waals surface area contributed by atoms with E-state index in [1.165, 1.54) is 10.4 Å². The second kappa shape index (κ2) is 7.71. The molecule has 0 saturated carbocycles. The molecule has 2 rings (SSSR count). The number of carboxylic acids is 1. The Bertz CT molecular complexity index is 642. The molecule has 9 heteroatoms. The highest BCUT2D eigenvalue weighted by Crippen LogP contribution is 2.16. The second-order valence-corrected chi connectivity index (χ2v) is 7.32. The third kappa shape index (κ3) is 4.63. The van der Waals surface area contributed by atoms with Gasteiger partial charge in [0.25, 0.3) is 0 Å². The van der Waals surface area contributed by atoms with Gasteiger partial charge in [-0.1, -0.05) is 6.07 Å². The quantitative estimate of drug-likeness (QED) is 0.709. The van der Waals surface area contributed by atoms with Gasteiger partial charge in [0, 0.05) is 39.9 Å². The molecule has 0 aromatic carbocycles. The van der Waals surface area contributed by atoms with Crippen molar-refractivity contribution >= 4 is 21.8 Å². The highest BCUT2D eigenvalue weighted by Gasteiger charge is 2.27. The first-order chi connectivity index (χ1) is 10.9. The fourth-order valence-electron chi connectivity index (χ4n) is 2.43. The van der Waals surface area contributed by atoms with E-state index in [-0.39, 0.29) is 11.4 Å². The van der Waals surface area contributed by atoms with Gasteiger partial charge >= 0.3 is 5.97 Å². The molecule has 1 aromatic rings. The van der Waals surface area contributed by atoms with Crippen LogP contribution in [-0.2, 0) is 14.8 Å². The van der Waals surface area contributed by atoms with E-state index in [0.717, 1.165) is 0 Å². The predicted octanol–water partition coefficient (Wildman–Crippen LogP) is 0.268. The summed E-state index contributed by atoms with van der Waals surface area (Å²) < 4.78 is 30.8. The van der Waals surface area contributed by atoms with Crippen LogP contribution in [0.15, 0.2) is 18.2 Å². The molecule has 8 nitrogen and oxygen atoms in total. The van der Waals surface area contributed by atoms with E-state index in [9.17, 15) is 13.2 Å². The molecule has 1 fully saturated rings. The summed E-state index contributed by atoms with van der Waals surface area (Å²) in [7, 11) is -1.73. The van der Waals surface area contributed by atoms with Crippen LogP contribution in [0.5, 0.6) is 0 Å². The van der Waals surface area contributed by atoms with E-state index < -0.39 is 16.0 Å². The lowest BCUT2D eigenvalue weighted by molar-refractivity contribution is 0.0690. The van der Waals surface area contributed by atoms with Crippen molar-refractivity contribution in [2.45, 2.75) is 6.42 Å². The molecule has 23 heavy (non-hydrogen) atoms. The zero-order valence-electron chi connectivity index (χ0n) is 13.0. The number of rotatable bonds is 7. The van der Waals surface area contributed by atoms with Crippen LogP contribution in [0, 0.1) is 0 Å². The number of aromatic carboxylic acids is 1. The lowest BCUT2D eigenvalue weighted by Crippen LogP contribution is -2.49. The standard InChI is InChI=1S/C14H21N3O5S/c1-22-10-3-11-23(20,21)17-8-6-16(7-9-17)13-5-2-4-12(15-13)14(18)19/h2,4-5H,3,6-11H2,1H3,(H,18,19). The molecule has 1 aliphatic heterocycles. The van der Waals surface area contributed by atoms with Crippen molar-refractivity contribution in [3.63, 3.8) is 0 Å². The first kappa shape index (κ1) is 17.6. The summed E-state index contributed by atoms with van der Waals surface area (Å²) in [6, 6.07) is 4.80. The van der Waals surface area contributed by atoms with E-state index in [1.54, 1.807) is 19.2 Å². The van der Waals surface area contributed by atoms with Gasteiger partial charge in [0.05, 0.1) is 5.75 Å². The van der Waals surface area contributed by atoms with Gasteiger partial charge in [-0.2, -0.15) is 4.31 Å². The highest BCUT2D eigenvalue weighted by atomic mass is 32.2. The molecule has 2 heterocycles. The van der Waals surface area contributed by atoms with E-state index in [0.29, 0.717) is 45.0 Å². The number of anilines is 1. The lowest BCUT2D eigenvalue weighted by atomic mass is 10.3. The van der Waals surface area contributed by atoms with E-state index >= 15 is 0 Å². The number of hydrogen-bond donors (Lipinski definition) is 1. The van der Waals surface area contributed by atoms with Crippen molar-refractivity contribution in [1.29, 1.82) is 0 Å². The lowest BCUT2D eigenvalue weighted by Gasteiger charge is -2.34. The van der Waals surface area contributed by atoms with Gasteiger partial charge in [0.1, 0.15) is 5.82 Å². The van der Waals surface area contributed by atoms with Gasteiger partial charge in [-0.25, -0.2) is 18.2 Å². The first-order valence-corrected chi connectivity index (χ1v) is 8.97. The number of nitrogens with zero attached hydrogens (tertiary/aromatic N) is 3. The van der Waals surface area contributed by atoms with Gasteiger partial charge in [-0.05, 0) is 18.6 Å². The predicted molar refractivity (Wildman–Crippen MR) is 85.3 cm³/mol. The van der Waals surface area contributed by atoms with Crippen LogP contribution in [-0.4, -0.2) is 74.4 Å². The van der Waals surface area contributed by atoms with E-state index in [2.05, 4.69) is 4.98 Å². The maximum atomic E-state index is 12.2. The number of pyridine rings is 1. The number of piperazine rings is 1. The Morgan fingerprint density at radius 2 is 2.00 bits per heavy atom. The molecule has 1 aliphatic rings. The van der Waals surface area contributed by atoms with Crippen LogP contribution in [0.4, 0.5) is 5.82 Å². The fraction of sp³-hybridized carbons (Fsp3) is 0.571. The van der Waals surface area contributed by atoms with Crippen molar-refractivity contribution < 1.29 is 23.1 Å². The number of aromatic nitrogens is 1. The zero-order chi connectivity index (χ0) is 16.9. The van der Waals surface area contributed by atoms with Gasteiger partial charge in [0.15, 0.2) is 5.69 Å². The largest absolute Gasteiger partial charge is 0.477 e. The summed E-state index contributed by atoms with van der Waals surface area (Å²) in [6.07, 6.45) is 0.473. The van der Waals surface area contributed by atoms with Crippen LogP contribution in [0.25, 0.3) is 0 Å². The Morgan fingerprint density at radius 1 is 1.30 bits per heavy atom. The third-order valence-corrected chi connectivity index (χ3v) is 5.62. The van der Waals surface area contributed by atoms with Crippen LogP contribution in [0.1, 0.15) is 16.9 Å². The number of carbonyl (C=O) groups is 1. The van der Waals surface area contributed by atoms with Crippen LogP contribution in [0.3, 0.4) is 0 Å². The van der Waals surface area contributed by atoms with Crippen LogP contribution >= 0.6 is 0 Å². The maximum absolute atomic E-state index is 12.2. The summed E-state index contributed by atoms with van der Waals surface area (Å²) in [6.45, 7) is 2.13. The molecule has 128 valence electrons. The SMILES string of the molecule is COCCCS(=O)(=O)N1CCN(c2cccc(C(=O)O)n2)CC1. The Labute approximate surface area is 135 Å². The molecular weight excluding hydrogens is 322 g/mol. The fourth-order valence-corrected chi connectivity index (χ4v) is 3.89. The molecule has 0 unspecified atom stereocenters. The second-order valence-electron chi connectivity index (χ2n) is 5.23. The van der Waals surface area contributed by atoms with Crippen LogP contribution in [0.2, 0.25) is 0 Å². The van der Waals surface area contributed by atoms with Gasteiger partial charge < -0.3 is 14.7 Å². The Balaban J connectivity index is 1.96. The summed E-state index contributed by atoms with van der Waals surface area (Å²) in [4.78, 5) is 16.9. The van der Waals surface area contributed by atoms with Crippen molar-refractivity contribution in [3.05, 3.63) is 23.9 Å². The molecule has 1 saturated heterocycles. The van der Waals surface area contributed by atoms with Gasteiger partial charge in [0.2, 0.25) is 10.0 Å². The molecule has 0 radical (unpaired) electrons. The first-order valence-electron chi connectivity index (χ1n) is 7.36. The van der Waals surface area contributed by atoms with Gasteiger partial charge in [-0.15, -0.1) is 0 Å². The molecule has 0 bridgehead atoms. The highest BCUT2D eigenvalue weighted by molar-refractivity contribution is 7.89. The maximum Gasteiger partial charge on any atom is 0.354 e. The van der Waals surface area contributed by atoms with Crippen molar-refractivity contribution in [1.82, 2.24) is 9.29 Å². The minimum absolute atomic E-state index is 0.0166. The number of ether oxygens (including phenoxy) is 1. The summed E-state index contributed by atoms with van der Waals surface area (Å²) in [5.74, 6) is -0.444. The molecule has 0 aliphatic carbocycles. The monoisotopic (exact) mass is 343 g/mol. The number of carboxylic acid groups (broad SMARTS) is 1. The summed E-state index contributed by atoms with van der Waals surface area (Å²) in [5.41, 5.74) is -0.0166. The molecule has 0 amide bonds. The molecular formula is C14H21N3O5S. The minimum atomic E-state index is -3.27. The molecule has 1 N–H and O–H groups in total. The summed E-state index contributed by atoms with van der Waals surface area (Å²) in [5, 5.41) is 8.98. The number of methoxy groups -OCH3 is 1. The smallest absolute Gasteiger partial charge is 0.354 e.